The van der Waals surface area contributed by atoms with Crippen LogP contribution in [0.4, 0.5) is 5.69 Å². The maximum absolute atomic E-state index is 11.7. The number of nitrogens with zero attached hydrogens (tertiary/aromatic N) is 1. The minimum Gasteiger partial charge on any atom is -0.493 e. The van der Waals surface area contributed by atoms with Gasteiger partial charge < -0.3 is 20.7 Å². The molecule has 0 aliphatic heterocycles. The summed E-state index contributed by atoms with van der Waals surface area (Å²) in [7, 11) is 3.29. The van der Waals surface area contributed by atoms with E-state index in [1.807, 2.05) is 0 Å². The fourth-order valence-electron chi connectivity index (χ4n) is 1.63. The van der Waals surface area contributed by atoms with Gasteiger partial charge in [-0.25, -0.2) is 0 Å². The predicted octanol–water partition coefficient (Wildman–Crippen LogP) is 0.631. The van der Waals surface area contributed by atoms with Crippen LogP contribution in [0.1, 0.15) is 13.3 Å². The first-order valence-electron chi connectivity index (χ1n) is 6.39. The highest BCUT2D eigenvalue weighted by atomic mass is 16.5. The molecule has 0 saturated carbocycles. The lowest BCUT2D eigenvalue weighted by Crippen LogP contribution is -2.44. The zero-order valence-corrected chi connectivity index (χ0v) is 12.1. The number of nitrogen functional groups attached to an aromatic ring is 1. The molecule has 1 aromatic carbocycles. The number of ether oxygens (including phenoxy) is 1. The van der Waals surface area contributed by atoms with E-state index >= 15 is 0 Å². The third-order valence-corrected chi connectivity index (χ3v) is 2.64. The van der Waals surface area contributed by atoms with Crippen molar-refractivity contribution in [2.24, 2.45) is 0 Å². The van der Waals surface area contributed by atoms with E-state index in [1.165, 1.54) is 4.90 Å². The summed E-state index contributed by atoms with van der Waals surface area (Å²) in [5.41, 5.74) is 6.22. The van der Waals surface area contributed by atoms with Gasteiger partial charge in [0.15, 0.2) is 0 Å². The molecule has 0 spiro atoms. The Balaban J connectivity index is 2.32. The normalized spacial score (nSPS) is 11.6. The molecule has 0 fully saturated rings. The Labute approximate surface area is 118 Å². The molecule has 0 radical (unpaired) electrons. The zero-order valence-electron chi connectivity index (χ0n) is 12.1. The Morgan fingerprint density at radius 3 is 2.70 bits per heavy atom. The molecule has 0 heterocycles. The summed E-state index contributed by atoms with van der Waals surface area (Å²) in [6, 6.07) is 6.46. The molecule has 1 rings (SSSR count). The number of likely N-dealkylation sites (N-methyl/N-ethyl adjacent to an activating group) is 1. The highest BCUT2D eigenvalue weighted by Crippen LogP contribution is 2.14. The van der Waals surface area contributed by atoms with E-state index in [0.29, 0.717) is 11.4 Å². The lowest BCUT2D eigenvalue weighted by Gasteiger charge is -2.18. The van der Waals surface area contributed by atoms with Gasteiger partial charge in [0, 0.05) is 25.8 Å². The highest BCUT2D eigenvalue weighted by Gasteiger charge is 2.16. The van der Waals surface area contributed by atoms with Crippen molar-refractivity contribution < 1.29 is 14.3 Å². The number of benzene rings is 1. The monoisotopic (exact) mass is 279 g/mol. The van der Waals surface area contributed by atoms with E-state index < -0.39 is 6.04 Å². The number of carbonyl (C=O) groups is 2. The minimum absolute atomic E-state index is 0.143. The molecule has 1 atom stereocenters. The van der Waals surface area contributed by atoms with Gasteiger partial charge in [0.05, 0.1) is 13.0 Å². The highest BCUT2D eigenvalue weighted by molar-refractivity contribution is 5.87. The van der Waals surface area contributed by atoms with E-state index in [4.69, 9.17) is 10.5 Å². The Kier molecular flexibility index (Phi) is 5.83. The van der Waals surface area contributed by atoms with Crippen molar-refractivity contribution in [1.82, 2.24) is 10.2 Å². The van der Waals surface area contributed by atoms with Crippen LogP contribution in [0.2, 0.25) is 0 Å². The van der Waals surface area contributed by atoms with Crippen LogP contribution in [0.15, 0.2) is 24.3 Å². The minimum atomic E-state index is -0.537. The molecular formula is C14H21N3O3. The first-order valence-corrected chi connectivity index (χ1v) is 6.39. The Hall–Kier alpha value is -2.24. The van der Waals surface area contributed by atoms with E-state index in [9.17, 15) is 9.59 Å². The second-order valence-electron chi connectivity index (χ2n) is 4.69. The standard InChI is InChI=1S/C14H21N3O3/c1-10(14(19)17(2)3)16-13(18)7-8-20-12-6-4-5-11(15)9-12/h4-6,9-10H,7-8,15H2,1-3H3,(H,16,18). The third kappa shape index (κ3) is 5.17. The first-order chi connectivity index (χ1) is 9.40. The number of carbonyl (C=O) groups excluding carboxylic acids is 2. The molecule has 3 N–H and O–H groups in total. The van der Waals surface area contributed by atoms with Gasteiger partial charge in [-0.1, -0.05) is 6.07 Å². The summed E-state index contributed by atoms with van der Waals surface area (Å²) in [5, 5.41) is 2.62. The van der Waals surface area contributed by atoms with Crippen LogP contribution >= 0.6 is 0 Å². The molecule has 0 aliphatic carbocycles. The van der Waals surface area contributed by atoms with Gasteiger partial charge in [0.1, 0.15) is 11.8 Å². The molecule has 1 unspecified atom stereocenters. The van der Waals surface area contributed by atoms with Gasteiger partial charge in [-0.15, -0.1) is 0 Å². The molecule has 20 heavy (non-hydrogen) atoms. The number of nitrogens with one attached hydrogen (secondary N) is 1. The summed E-state index contributed by atoms with van der Waals surface area (Å²) >= 11 is 0. The third-order valence-electron chi connectivity index (χ3n) is 2.64. The van der Waals surface area contributed by atoms with Gasteiger partial charge in [-0.2, -0.15) is 0 Å². The summed E-state index contributed by atoms with van der Waals surface area (Å²) in [4.78, 5) is 24.7. The molecule has 0 bridgehead atoms. The fourth-order valence-corrected chi connectivity index (χ4v) is 1.63. The van der Waals surface area contributed by atoms with Crippen molar-refractivity contribution in [1.29, 1.82) is 0 Å². The van der Waals surface area contributed by atoms with E-state index in [-0.39, 0.29) is 24.8 Å². The van der Waals surface area contributed by atoms with E-state index in [2.05, 4.69) is 5.32 Å². The van der Waals surface area contributed by atoms with Crippen LogP contribution < -0.4 is 15.8 Å². The summed E-state index contributed by atoms with van der Waals surface area (Å²) < 4.78 is 5.41. The number of amides is 2. The lowest BCUT2D eigenvalue weighted by atomic mass is 10.3. The quantitative estimate of drug-likeness (QED) is 0.748. The topological polar surface area (TPSA) is 84.7 Å². The van der Waals surface area contributed by atoms with Crippen molar-refractivity contribution in [3.05, 3.63) is 24.3 Å². The zero-order chi connectivity index (χ0) is 15.1. The fraction of sp³-hybridized carbons (Fsp3) is 0.429. The van der Waals surface area contributed by atoms with Crippen molar-refractivity contribution in [2.45, 2.75) is 19.4 Å². The molecule has 2 amide bonds. The number of nitrogens with two attached hydrogens (primary N) is 1. The average Bonchev–Trinajstić information content (AvgIpc) is 2.37. The van der Waals surface area contributed by atoms with Gasteiger partial charge >= 0.3 is 0 Å². The lowest BCUT2D eigenvalue weighted by molar-refractivity contribution is -0.134. The van der Waals surface area contributed by atoms with Gasteiger partial charge in [-0.05, 0) is 19.1 Å². The van der Waals surface area contributed by atoms with E-state index in [0.717, 1.165) is 0 Å². The number of hydrogen-bond acceptors (Lipinski definition) is 4. The SMILES string of the molecule is CC(NC(=O)CCOc1cccc(N)c1)C(=O)N(C)C. The molecule has 0 aliphatic rings. The molecular weight excluding hydrogens is 258 g/mol. The molecule has 0 aromatic heterocycles. The molecule has 1 aromatic rings. The largest absolute Gasteiger partial charge is 0.493 e. The van der Waals surface area contributed by atoms with Gasteiger partial charge in [0.2, 0.25) is 11.8 Å². The number of anilines is 1. The van der Waals surface area contributed by atoms with Gasteiger partial charge in [0.25, 0.3) is 0 Å². The predicted molar refractivity (Wildman–Crippen MR) is 77.3 cm³/mol. The molecule has 110 valence electrons. The van der Waals surface area contributed by atoms with Crippen LogP contribution in [0.25, 0.3) is 0 Å². The molecule has 6 nitrogen and oxygen atoms in total. The van der Waals surface area contributed by atoms with E-state index in [1.54, 1.807) is 45.3 Å². The van der Waals surface area contributed by atoms with Gasteiger partial charge in [-0.3, -0.25) is 9.59 Å². The number of hydrogen-bond donors (Lipinski definition) is 2. The van der Waals surface area contributed by atoms with Crippen LogP contribution in [0.5, 0.6) is 5.75 Å². The second-order valence-corrected chi connectivity index (χ2v) is 4.69. The maximum Gasteiger partial charge on any atom is 0.244 e. The van der Waals surface area contributed by atoms with Crippen LogP contribution in [0.3, 0.4) is 0 Å². The van der Waals surface area contributed by atoms with Crippen molar-refractivity contribution in [3.63, 3.8) is 0 Å². The Morgan fingerprint density at radius 1 is 1.40 bits per heavy atom. The smallest absolute Gasteiger partial charge is 0.244 e. The Morgan fingerprint density at radius 2 is 2.10 bits per heavy atom. The molecule has 0 saturated heterocycles. The summed E-state index contributed by atoms with van der Waals surface area (Å²) in [5.74, 6) is 0.252. The van der Waals surface area contributed by atoms with Crippen LogP contribution in [-0.4, -0.2) is 43.5 Å². The van der Waals surface area contributed by atoms with Crippen molar-refractivity contribution >= 4 is 17.5 Å². The van der Waals surface area contributed by atoms with Crippen LogP contribution in [0, 0.1) is 0 Å². The second kappa shape index (κ2) is 7.37. The first kappa shape index (κ1) is 15.8. The summed E-state index contributed by atoms with van der Waals surface area (Å²) in [6.07, 6.45) is 0.180. The van der Waals surface area contributed by atoms with Crippen molar-refractivity contribution in [2.75, 3.05) is 26.4 Å². The van der Waals surface area contributed by atoms with Crippen LogP contribution in [-0.2, 0) is 9.59 Å². The van der Waals surface area contributed by atoms with Crippen molar-refractivity contribution in [3.8, 4) is 5.75 Å². The number of rotatable bonds is 6. The summed E-state index contributed by atoms with van der Waals surface area (Å²) in [6.45, 7) is 1.89. The molecule has 6 heteroatoms. The maximum atomic E-state index is 11.7. The Bertz CT molecular complexity index is 474. The average molecular weight is 279 g/mol.